The molecule has 0 spiro atoms. The third kappa shape index (κ3) is 71.6. The molecule has 8 N–H and O–H groups in total. The molecule has 76 heavy (non-hydrogen) atoms. The number of aldehydes is 1. The summed E-state index contributed by atoms with van der Waals surface area (Å²) in [5, 5.41) is 18.4. The van der Waals surface area contributed by atoms with Crippen molar-refractivity contribution in [3.8, 4) is 0 Å². The number of rotatable bonds is 6. The van der Waals surface area contributed by atoms with E-state index in [-0.39, 0.29) is 97.1 Å². The summed E-state index contributed by atoms with van der Waals surface area (Å²) in [6.45, 7) is 29.3. The zero-order valence-corrected chi connectivity index (χ0v) is 53.4. The van der Waals surface area contributed by atoms with Crippen LogP contribution in [-0.4, -0.2) is 136 Å². The van der Waals surface area contributed by atoms with Crippen molar-refractivity contribution in [3.05, 3.63) is 24.5 Å². The molecular formula is C47H92B2Cl2F3N8O12W2. The van der Waals surface area contributed by atoms with E-state index in [9.17, 15) is 46.6 Å². The fraction of sp³-hybridized carbons (Fsp3) is 0.809. The maximum Gasteiger partial charge on any atom is 2.00 e. The summed E-state index contributed by atoms with van der Waals surface area (Å²) < 4.78 is 50.9. The number of hydrogen-bond donors (Lipinski definition) is 6. The smallest absolute Gasteiger partial charge is 0.652 e. The molecule has 4 heterocycles. The molecule has 4 aliphatic rings. The summed E-state index contributed by atoms with van der Waals surface area (Å²) in [5.41, 5.74) is 9.82. The van der Waals surface area contributed by atoms with E-state index >= 15 is 0 Å². The molecule has 4 fully saturated rings. The van der Waals surface area contributed by atoms with Crippen molar-refractivity contribution in [2.75, 3.05) is 38.0 Å². The Balaban J connectivity index is -0.0000000998. The SMILES string of the molecule is C.CC(C)(C)OC(=O)N[C@H]1CCCCNC1=O.CC(C)(C)OC(=O)N[C@H]1CCCC[N-]C1=O.CCC.C[B]OOCB=O.ClCCl.N[C@H]1CCCCNC1=O.N[C@H]1CCCC[N-]C1=O.O=CC(F)(F)F.[CH2-]C.[CH2-]C.[W+2].[W+2]. The summed E-state index contributed by atoms with van der Waals surface area (Å²) in [6.07, 6.45) is 5.30. The van der Waals surface area contributed by atoms with Gasteiger partial charge in [-0.1, -0.05) is 53.4 Å². The monoisotopic (exact) mass is 1480 g/mol. The first-order valence-corrected chi connectivity index (χ1v) is 25.3. The van der Waals surface area contributed by atoms with Crippen LogP contribution in [0, 0.1) is 13.8 Å². The van der Waals surface area contributed by atoms with Crippen LogP contribution in [-0.2, 0) is 90.0 Å². The third-order valence-corrected chi connectivity index (χ3v) is 7.90. The number of halogens is 5. The van der Waals surface area contributed by atoms with Gasteiger partial charge in [-0.2, -0.15) is 27.0 Å². The summed E-state index contributed by atoms with van der Waals surface area (Å²) >= 11 is 9.53. The predicted octanol–water partition coefficient (Wildman–Crippen LogP) is 8.66. The first-order chi connectivity index (χ1) is 34.2. The number of ether oxygens (including phenoxy) is 2. The molecule has 0 bridgehead atoms. The van der Waals surface area contributed by atoms with Gasteiger partial charge in [-0.25, -0.2) is 9.59 Å². The molecule has 4 saturated heterocycles. The number of nitrogens with one attached hydrogen (secondary N) is 4. The number of alkyl carbamates (subject to hydrolysis) is 2. The van der Waals surface area contributed by atoms with Crippen molar-refractivity contribution in [1.82, 2.24) is 21.3 Å². The predicted molar refractivity (Wildman–Crippen MR) is 289 cm³/mol. The van der Waals surface area contributed by atoms with Crippen molar-refractivity contribution in [2.45, 2.75) is 209 Å². The normalized spacial score (nSPS) is 18.3. The van der Waals surface area contributed by atoms with Gasteiger partial charge < -0.3 is 76.3 Å². The van der Waals surface area contributed by atoms with Crippen LogP contribution >= 0.6 is 23.2 Å². The Morgan fingerprint density at radius 3 is 1.47 bits per heavy atom. The second-order valence-corrected chi connectivity index (χ2v) is 17.7. The van der Waals surface area contributed by atoms with E-state index in [1.54, 1.807) is 62.2 Å². The number of hydrogen-bond acceptors (Lipinski definition) is 14. The molecule has 20 nitrogen and oxygen atoms in total. The van der Waals surface area contributed by atoms with Crippen molar-refractivity contribution >= 4 is 79.9 Å². The van der Waals surface area contributed by atoms with Gasteiger partial charge in [0, 0.05) is 19.1 Å². The maximum atomic E-state index is 11.5. The van der Waals surface area contributed by atoms with Crippen LogP contribution in [0.25, 0.3) is 10.6 Å². The van der Waals surface area contributed by atoms with Crippen molar-refractivity contribution in [3.63, 3.8) is 0 Å². The average molecular weight is 1480 g/mol. The number of nitrogens with zero attached hydrogens (tertiary/aromatic N) is 2. The van der Waals surface area contributed by atoms with Crippen LogP contribution < -0.4 is 32.7 Å². The minimum absolute atomic E-state index is 0. The summed E-state index contributed by atoms with van der Waals surface area (Å²) in [6, 6.07) is -1.55. The second kappa shape index (κ2) is 61.8. The van der Waals surface area contributed by atoms with Crippen molar-refractivity contribution < 1.29 is 113 Å². The fourth-order valence-electron chi connectivity index (χ4n) is 5.00. The molecule has 445 valence electrons. The summed E-state index contributed by atoms with van der Waals surface area (Å²) in [7, 11) is 1.97. The molecule has 0 unspecified atom stereocenters. The Morgan fingerprint density at radius 1 is 0.711 bits per heavy atom. The Kier molecular flexibility index (Phi) is 75.6. The molecule has 0 aliphatic carbocycles. The van der Waals surface area contributed by atoms with Crippen molar-refractivity contribution in [1.29, 1.82) is 0 Å². The van der Waals surface area contributed by atoms with E-state index in [1.807, 2.05) is 0 Å². The number of nitrogens with two attached hydrogens (primary N) is 2. The van der Waals surface area contributed by atoms with Crippen molar-refractivity contribution in [2.24, 2.45) is 11.5 Å². The minimum Gasteiger partial charge on any atom is -0.652 e. The fourth-order valence-corrected chi connectivity index (χ4v) is 5.00. The van der Waals surface area contributed by atoms with E-state index in [1.165, 1.54) is 13.9 Å². The topological polar surface area (TPSA) is 302 Å². The van der Waals surface area contributed by atoms with E-state index in [4.69, 9.17) is 48.9 Å². The molecule has 4 atom stereocenters. The Hall–Kier alpha value is -2.39. The molecule has 0 aromatic heterocycles. The number of alkyl halides is 5. The van der Waals surface area contributed by atoms with Gasteiger partial charge in [0.25, 0.3) is 0 Å². The molecule has 1 radical (unpaired) electrons. The van der Waals surface area contributed by atoms with Gasteiger partial charge in [-0.05, 0) is 92.9 Å². The van der Waals surface area contributed by atoms with E-state index in [0.29, 0.717) is 39.6 Å². The Labute approximate surface area is 493 Å². The first-order valence-electron chi connectivity index (χ1n) is 24.2. The quantitative estimate of drug-likeness (QED) is 0.0276. The van der Waals surface area contributed by atoms with E-state index in [2.05, 4.69) is 69.3 Å². The average Bonchev–Trinajstić information content (AvgIpc) is 3.81. The zero-order chi connectivity index (χ0) is 57.9. The Morgan fingerprint density at radius 2 is 1.07 bits per heavy atom. The molecule has 29 heteroatoms. The maximum absolute atomic E-state index is 11.5. The second-order valence-electron chi connectivity index (χ2n) is 16.9. The van der Waals surface area contributed by atoms with Gasteiger partial charge in [0.05, 0.1) is 29.2 Å². The first kappa shape index (κ1) is 93.0. The van der Waals surface area contributed by atoms with Crippen LogP contribution in [0.5, 0.6) is 0 Å². The largest absolute Gasteiger partial charge is 2.00 e. The summed E-state index contributed by atoms with van der Waals surface area (Å²) in [4.78, 5) is 84.6. The standard InChI is InChI=1S/2C11H20N2O3.2C6H12N2O.C3H8.C2H5B2O3.C2HF3O.2C2H5.CH2Cl2.CH4.2W/c2*1-11(2,3)16-10(15)13-8-6-4-5-7-12-9(8)14;2*7-5-3-1-2-4-8-6(5)9;1-3-2;1-3-7-6-2-4-5;3-2(4,5)1-6;2*1-2;2-1-3;;;/h8H,4-7H2,1-3H3,(H,12,14)(H,13,15);8H,4-7H2,1-3H3,(H2,12,13,14,15);2*5H,1-4,7H2,(H,8,9);3H2,1-2H3;2H2,1H3;1H;2*1H2,2H3;1H2;1H4;;/q;;;;;;;2*-1;;;2*+2/p-2/t2*8-;2*5-;;;;;;;;;/m0000........./s1. The van der Waals surface area contributed by atoms with Crippen LogP contribution in [0.4, 0.5) is 22.8 Å². The molecule has 6 amide bonds. The van der Waals surface area contributed by atoms with Crippen LogP contribution in [0.1, 0.15) is 160 Å². The number of carbonyl (C=O) groups excluding carboxylic acids is 7. The van der Waals surface area contributed by atoms with E-state index < -0.39 is 47.9 Å². The molecular weight excluding hydrogens is 1390 g/mol. The summed E-state index contributed by atoms with van der Waals surface area (Å²) in [5.74, 6) is -0.480. The number of carbonyl (C=O) groups is 7. The molecule has 4 rings (SSSR count). The van der Waals surface area contributed by atoms with Gasteiger partial charge >= 0.3 is 103 Å². The minimum atomic E-state index is -4.64. The Bertz CT molecular complexity index is 1350. The third-order valence-electron chi connectivity index (χ3n) is 7.90. The van der Waals surface area contributed by atoms with Crippen LogP contribution in [0.15, 0.2) is 0 Å². The van der Waals surface area contributed by atoms with E-state index in [0.717, 1.165) is 70.8 Å². The van der Waals surface area contributed by atoms with Gasteiger partial charge in [0.2, 0.25) is 18.1 Å². The van der Waals surface area contributed by atoms with Gasteiger partial charge in [-0.15, -0.1) is 36.3 Å². The molecule has 0 aromatic rings. The van der Waals surface area contributed by atoms with Gasteiger partial charge in [-0.3, -0.25) is 14.4 Å². The molecule has 4 aliphatic heterocycles. The molecule has 0 saturated carbocycles. The van der Waals surface area contributed by atoms with Crippen LogP contribution in [0.2, 0.25) is 6.82 Å². The zero-order valence-electron chi connectivity index (χ0n) is 46.0. The van der Waals surface area contributed by atoms with Crippen LogP contribution in [0.3, 0.4) is 0 Å². The molecule has 0 aromatic carbocycles. The van der Waals surface area contributed by atoms with Gasteiger partial charge in [0.15, 0.2) is 0 Å². The number of amides is 6. The van der Waals surface area contributed by atoms with Gasteiger partial charge in [0.1, 0.15) is 17.2 Å².